The van der Waals surface area contributed by atoms with Crippen LogP contribution in [0.1, 0.15) is 16.7 Å². The molecule has 0 saturated heterocycles. The predicted molar refractivity (Wildman–Crippen MR) is 133 cm³/mol. The van der Waals surface area contributed by atoms with E-state index in [1.807, 2.05) is 61.5 Å². The number of hydrogen-bond donors (Lipinski definition) is 0. The fraction of sp³-hybridized carbons (Fsp3) is 0.154. The number of fused-ring (bicyclic) bond motifs is 2. The summed E-state index contributed by atoms with van der Waals surface area (Å²) < 4.78 is 2.66. The number of nitrogens with zero attached hydrogens (tertiary/aromatic N) is 4. The standard InChI is InChI=1S/C26H22N4O2S/c1-17-12-18(2)25-21(13-17)28-26(33-25)29(15-19-8-4-3-5-9-19)24(32)16-30-22-11-7-6-10-20(22)23(31)14-27-30/h3-14H,15-16H2,1-2H3. The van der Waals surface area contributed by atoms with Gasteiger partial charge in [-0.25, -0.2) is 4.98 Å². The van der Waals surface area contributed by atoms with Crippen LogP contribution >= 0.6 is 11.3 Å². The van der Waals surface area contributed by atoms with E-state index in [-0.39, 0.29) is 17.9 Å². The van der Waals surface area contributed by atoms with E-state index in [4.69, 9.17) is 4.98 Å². The van der Waals surface area contributed by atoms with Gasteiger partial charge in [-0.05, 0) is 48.7 Å². The molecule has 164 valence electrons. The van der Waals surface area contributed by atoms with E-state index >= 15 is 0 Å². The first-order valence-electron chi connectivity index (χ1n) is 10.7. The van der Waals surface area contributed by atoms with Crippen molar-refractivity contribution in [2.45, 2.75) is 26.9 Å². The van der Waals surface area contributed by atoms with E-state index in [1.165, 1.54) is 17.5 Å². The molecule has 0 spiro atoms. The molecule has 0 unspecified atom stereocenters. The summed E-state index contributed by atoms with van der Waals surface area (Å²) in [5.74, 6) is -0.145. The molecule has 33 heavy (non-hydrogen) atoms. The number of amides is 1. The smallest absolute Gasteiger partial charge is 0.250 e. The molecule has 0 fully saturated rings. The SMILES string of the molecule is Cc1cc(C)c2sc(N(Cc3ccccc3)C(=O)Cn3ncc(=O)c4ccccc43)nc2c1. The van der Waals surface area contributed by atoms with Crippen LogP contribution in [-0.4, -0.2) is 20.7 Å². The summed E-state index contributed by atoms with van der Waals surface area (Å²) in [6, 6.07) is 21.2. The van der Waals surface area contributed by atoms with E-state index < -0.39 is 0 Å². The molecule has 3 aromatic carbocycles. The maximum atomic E-state index is 13.6. The summed E-state index contributed by atoms with van der Waals surface area (Å²) in [6.45, 7) is 4.51. The van der Waals surface area contributed by atoms with Gasteiger partial charge in [0.15, 0.2) is 5.13 Å². The highest BCUT2D eigenvalue weighted by molar-refractivity contribution is 7.22. The van der Waals surface area contributed by atoms with Crippen LogP contribution in [0.25, 0.3) is 21.1 Å². The van der Waals surface area contributed by atoms with E-state index in [2.05, 4.69) is 18.1 Å². The Hall–Kier alpha value is -3.84. The Balaban J connectivity index is 1.56. The van der Waals surface area contributed by atoms with Gasteiger partial charge < -0.3 is 0 Å². The number of benzene rings is 3. The Morgan fingerprint density at radius 1 is 1.03 bits per heavy atom. The van der Waals surface area contributed by atoms with Crippen LogP contribution in [0.15, 0.2) is 77.7 Å². The Bertz CT molecular complexity index is 1540. The van der Waals surface area contributed by atoms with Gasteiger partial charge in [0.25, 0.3) is 5.91 Å². The summed E-state index contributed by atoms with van der Waals surface area (Å²) in [4.78, 5) is 32.3. The van der Waals surface area contributed by atoms with Crippen molar-refractivity contribution in [3.05, 3.63) is 99.8 Å². The fourth-order valence-electron chi connectivity index (χ4n) is 4.01. The topological polar surface area (TPSA) is 68.1 Å². The van der Waals surface area contributed by atoms with Crippen LogP contribution in [0.4, 0.5) is 5.13 Å². The number of thiazole rings is 1. The number of carbonyl (C=O) groups is 1. The number of rotatable bonds is 5. The highest BCUT2D eigenvalue weighted by Crippen LogP contribution is 2.33. The van der Waals surface area contributed by atoms with Crippen molar-refractivity contribution in [1.82, 2.24) is 14.8 Å². The van der Waals surface area contributed by atoms with Crippen molar-refractivity contribution in [2.75, 3.05) is 4.90 Å². The zero-order valence-corrected chi connectivity index (χ0v) is 19.2. The number of aromatic nitrogens is 3. The van der Waals surface area contributed by atoms with Gasteiger partial charge in [-0.1, -0.05) is 59.9 Å². The van der Waals surface area contributed by atoms with E-state index in [9.17, 15) is 9.59 Å². The van der Waals surface area contributed by atoms with Gasteiger partial charge in [-0.15, -0.1) is 0 Å². The van der Waals surface area contributed by atoms with Gasteiger partial charge in [-0.2, -0.15) is 5.10 Å². The minimum atomic E-state index is -0.160. The zero-order chi connectivity index (χ0) is 22.9. The molecular formula is C26H22N4O2S. The van der Waals surface area contributed by atoms with Crippen LogP contribution in [-0.2, 0) is 17.9 Å². The lowest BCUT2D eigenvalue weighted by Crippen LogP contribution is -2.34. The third kappa shape index (κ3) is 4.15. The van der Waals surface area contributed by atoms with Crippen molar-refractivity contribution in [2.24, 2.45) is 0 Å². The molecule has 7 heteroatoms. The predicted octanol–water partition coefficient (Wildman–Crippen LogP) is 4.86. The lowest BCUT2D eigenvalue weighted by Gasteiger charge is -2.21. The number of anilines is 1. The molecule has 6 nitrogen and oxygen atoms in total. The van der Waals surface area contributed by atoms with Crippen LogP contribution in [0.5, 0.6) is 0 Å². The highest BCUT2D eigenvalue weighted by Gasteiger charge is 2.22. The Morgan fingerprint density at radius 2 is 1.79 bits per heavy atom. The molecule has 2 heterocycles. The average molecular weight is 455 g/mol. The van der Waals surface area contributed by atoms with Gasteiger partial charge in [0.05, 0.1) is 28.5 Å². The van der Waals surface area contributed by atoms with E-state index in [0.717, 1.165) is 26.9 Å². The number of hydrogen-bond acceptors (Lipinski definition) is 5. The summed E-state index contributed by atoms with van der Waals surface area (Å²) in [7, 11) is 0. The number of para-hydroxylation sites is 1. The maximum Gasteiger partial charge on any atom is 0.250 e. The zero-order valence-electron chi connectivity index (χ0n) is 18.4. The van der Waals surface area contributed by atoms with Crippen LogP contribution in [0, 0.1) is 13.8 Å². The largest absolute Gasteiger partial charge is 0.287 e. The second-order valence-electron chi connectivity index (χ2n) is 8.08. The van der Waals surface area contributed by atoms with Crippen LogP contribution < -0.4 is 10.3 Å². The van der Waals surface area contributed by atoms with Crippen molar-refractivity contribution in [1.29, 1.82) is 0 Å². The number of carbonyl (C=O) groups excluding carboxylic acids is 1. The van der Waals surface area contributed by atoms with Crippen molar-refractivity contribution in [3.63, 3.8) is 0 Å². The molecule has 5 aromatic rings. The van der Waals surface area contributed by atoms with E-state index in [1.54, 1.807) is 15.6 Å². The lowest BCUT2D eigenvalue weighted by molar-refractivity contribution is -0.119. The molecule has 1 amide bonds. The first-order valence-corrected chi connectivity index (χ1v) is 11.5. The van der Waals surface area contributed by atoms with Crippen molar-refractivity contribution < 1.29 is 4.79 Å². The minimum Gasteiger partial charge on any atom is -0.287 e. The Morgan fingerprint density at radius 3 is 2.61 bits per heavy atom. The van der Waals surface area contributed by atoms with Gasteiger partial charge in [-0.3, -0.25) is 19.2 Å². The Kier molecular flexibility index (Phi) is 5.48. The molecule has 0 aliphatic rings. The first kappa shape index (κ1) is 21.0. The maximum absolute atomic E-state index is 13.6. The molecule has 0 aliphatic carbocycles. The molecule has 0 atom stereocenters. The first-order chi connectivity index (χ1) is 16.0. The summed E-state index contributed by atoms with van der Waals surface area (Å²) >= 11 is 1.52. The van der Waals surface area contributed by atoms with Gasteiger partial charge in [0.2, 0.25) is 5.43 Å². The molecule has 0 aliphatic heterocycles. The summed E-state index contributed by atoms with van der Waals surface area (Å²) in [6.07, 6.45) is 1.26. The number of aryl methyl sites for hydroxylation is 2. The van der Waals surface area contributed by atoms with Gasteiger partial charge in [0, 0.05) is 5.39 Å². The molecule has 0 saturated carbocycles. The second-order valence-corrected chi connectivity index (χ2v) is 9.05. The van der Waals surface area contributed by atoms with Gasteiger partial charge >= 0.3 is 0 Å². The Labute approximate surface area is 194 Å². The lowest BCUT2D eigenvalue weighted by atomic mass is 10.1. The average Bonchev–Trinajstić information content (AvgIpc) is 3.24. The van der Waals surface area contributed by atoms with Crippen LogP contribution in [0.2, 0.25) is 0 Å². The van der Waals surface area contributed by atoms with Crippen LogP contribution in [0.3, 0.4) is 0 Å². The summed E-state index contributed by atoms with van der Waals surface area (Å²) in [5.41, 5.74) is 4.66. The molecule has 0 N–H and O–H groups in total. The normalized spacial score (nSPS) is 11.2. The third-order valence-electron chi connectivity index (χ3n) is 5.57. The monoisotopic (exact) mass is 454 g/mol. The quantitative estimate of drug-likeness (QED) is 0.380. The molecule has 5 rings (SSSR count). The molecular weight excluding hydrogens is 432 g/mol. The van der Waals surface area contributed by atoms with E-state index in [0.29, 0.717) is 22.6 Å². The van der Waals surface area contributed by atoms with Crippen molar-refractivity contribution >= 4 is 43.5 Å². The summed E-state index contributed by atoms with van der Waals surface area (Å²) in [5, 5.41) is 5.43. The molecule has 2 aromatic heterocycles. The van der Waals surface area contributed by atoms with Crippen molar-refractivity contribution in [3.8, 4) is 0 Å². The van der Waals surface area contributed by atoms with Gasteiger partial charge in [0.1, 0.15) is 6.54 Å². The molecule has 0 radical (unpaired) electrons. The fourth-order valence-corrected chi connectivity index (χ4v) is 5.04. The highest BCUT2D eigenvalue weighted by atomic mass is 32.1. The molecule has 0 bridgehead atoms. The minimum absolute atomic E-state index is 0.00155. The third-order valence-corrected chi connectivity index (χ3v) is 6.80. The second kappa shape index (κ2) is 8.60.